The summed E-state index contributed by atoms with van der Waals surface area (Å²) in [6.45, 7) is 3.70. The van der Waals surface area contributed by atoms with Crippen molar-refractivity contribution in [1.82, 2.24) is 5.32 Å². The van der Waals surface area contributed by atoms with E-state index >= 15 is 0 Å². The summed E-state index contributed by atoms with van der Waals surface area (Å²) in [5.41, 5.74) is 0.878. The second kappa shape index (κ2) is 5.38. The lowest BCUT2D eigenvalue weighted by Crippen LogP contribution is -2.25. The SMILES string of the molecule is CCC(=O)N[C@@H](C)c1ccc(Cl)cc1Cl. The van der Waals surface area contributed by atoms with Crippen molar-refractivity contribution in [1.29, 1.82) is 0 Å². The van der Waals surface area contributed by atoms with Crippen LogP contribution in [0.25, 0.3) is 0 Å². The molecule has 1 aromatic carbocycles. The van der Waals surface area contributed by atoms with E-state index in [2.05, 4.69) is 5.32 Å². The predicted octanol–water partition coefficient (Wildman–Crippen LogP) is 3.58. The lowest BCUT2D eigenvalue weighted by Gasteiger charge is -2.15. The Hall–Kier alpha value is -0.730. The molecule has 82 valence electrons. The molecule has 0 saturated carbocycles. The van der Waals surface area contributed by atoms with Gasteiger partial charge < -0.3 is 5.32 Å². The van der Waals surface area contributed by atoms with E-state index < -0.39 is 0 Å². The molecule has 1 aromatic rings. The van der Waals surface area contributed by atoms with E-state index in [1.54, 1.807) is 12.1 Å². The maximum Gasteiger partial charge on any atom is 0.220 e. The molecule has 0 aliphatic heterocycles. The van der Waals surface area contributed by atoms with Gasteiger partial charge in [0.15, 0.2) is 0 Å². The van der Waals surface area contributed by atoms with Crippen molar-refractivity contribution >= 4 is 29.1 Å². The van der Waals surface area contributed by atoms with Crippen LogP contribution in [0.5, 0.6) is 0 Å². The molecule has 0 radical (unpaired) electrons. The van der Waals surface area contributed by atoms with E-state index in [0.29, 0.717) is 16.5 Å². The van der Waals surface area contributed by atoms with Gasteiger partial charge in [0, 0.05) is 16.5 Å². The van der Waals surface area contributed by atoms with Crippen molar-refractivity contribution in [3.63, 3.8) is 0 Å². The first kappa shape index (κ1) is 12.3. The van der Waals surface area contributed by atoms with E-state index in [4.69, 9.17) is 23.2 Å². The molecule has 0 heterocycles. The first-order valence-electron chi connectivity index (χ1n) is 4.79. The van der Waals surface area contributed by atoms with Crippen molar-refractivity contribution in [3.05, 3.63) is 33.8 Å². The Kier molecular flexibility index (Phi) is 4.43. The molecule has 0 aromatic heterocycles. The number of amides is 1. The number of carbonyl (C=O) groups is 1. The van der Waals surface area contributed by atoms with Gasteiger partial charge in [0.2, 0.25) is 5.91 Å². The molecule has 1 N–H and O–H groups in total. The molecule has 0 aliphatic rings. The minimum atomic E-state index is -0.0952. The zero-order chi connectivity index (χ0) is 11.4. The van der Waals surface area contributed by atoms with Crippen LogP contribution in [0, 0.1) is 0 Å². The van der Waals surface area contributed by atoms with E-state index in [0.717, 1.165) is 5.56 Å². The number of carbonyl (C=O) groups excluding carboxylic acids is 1. The Morgan fingerprint density at radius 2 is 2.13 bits per heavy atom. The monoisotopic (exact) mass is 245 g/mol. The molecule has 0 saturated heterocycles. The number of hydrogen-bond donors (Lipinski definition) is 1. The summed E-state index contributed by atoms with van der Waals surface area (Å²) in [5.74, 6) is 0.00789. The molecular formula is C11H13Cl2NO. The van der Waals surface area contributed by atoms with Gasteiger partial charge in [-0.2, -0.15) is 0 Å². The third-order valence-electron chi connectivity index (χ3n) is 2.13. The van der Waals surface area contributed by atoms with Gasteiger partial charge in [0.05, 0.1) is 6.04 Å². The van der Waals surface area contributed by atoms with Crippen LogP contribution >= 0.6 is 23.2 Å². The maximum absolute atomic E-state index is 11.2. The van der Waals surface area contributed by atoms with Crippen molar-refractivity contribution < 1.29 is 4.79 Å². The number of nitrogens with one attached hydrogen (secondary N) is 1. The normalized spacial score (nSPS) is 12.3. The number of hydrogen-bond acceptors (Lipinski definition) is 1. The molecule has 0 bridgehead atoms. The van der Waals surface area contributed by atoms with E-state index in [9.17, 15) is 4.79 Å². The first-order chi connectivity index (χ1) is 7.04. The summed E-state index contributed by atoms with van der Waals surface area (Å²) in [7, 11) is 0. The zero-order valence-electron chi connectivity index (χ0n) is 8.68. The van der Waals surface area contributed by atoms with Gasteiger partial charge in [0.1, 0.15) is 0 Å². The van der Waals surface area contributed by atoms with Crippen molar-refractivity contribution in [2.24, 2.45) is 0 Å². The van der Waals surface area contributed by atoms with Crippen molar-refractivity contribution in [2.45, 2.75) is 26.3 Å². The van der Waals surface area contributed by atoms with Gasteiger partial charge in [-0.25, -0.2) is 0 Å². The minimum absolute atomic E-state index is 0.00789. The first-order valence-corrected chi connectivity index (χ1v) is 5.54. The highest BCUT2D eigenvalue weighted by Crippen LogP contribution is 2.25. The van der Waals surface area contributed by atoms with Crippen LogP contribution in [0.2, 0.25) is 10.0 Å². The quantitative estimate of drug-likeness (QED) is 0.867. The minimum Gasteiger partial charge on any atom is -0.350 e. The Balaban J connectivity index is 2.82. The molecular weight excluding hydrogens is 233 g/mol. The molecule has 15 heavy (non-hydrogen) atoms. The third-order valence-corrected chi connectivity index (χ3v) is 2.69. The van der Waals surface area contributed by atoms with Gasteiger partial charge >= 0.3 is 0 Å². The fourth-order valence-electron chi connectivity index (χ4n) is 1.27. The Bertz CT molecular complexity index is 366. The summed E-state index contributed by atoms with van der Waals surface area (Å²) in [6.07, 6.45) is 0.468. The topological polar surface area (TPSA) is 29.1 Å². The third kappa shape index (κ3) is 3.40. The van der Waals surface area contributed by atoms with Crippen LogP contribution in [-0.4, -0.2) is 5.91 Å². The lowest BCUT2D eigenvalue weighted by atomic mass is 10.1. The van der Waals surface area contributed by atoms with Crippen molar-refractivity contribution in [2.75, 3.05) is 0 Å². The van der Waals surface area contributed by atoms with Crippen LogP contribution < -0.4 is 5.32 Å². The van der Waals surface area contributed by atoms with Crippen LogP contribution in [0.4, 0.5) is 0 Å². The molecule has 0 aliphatic carbocycles. The highest BCUT2D eigenvalue weighted by atomic mass is 35.5. The van der Waals surface area contributed by atoms with Gasteiger partial charge in [0.25, 0.3) is 0 Å². The molecule has 1 amide bonds. The Morgan fingerprint density at radius 1 is 1.47 bits per heavy atom. The fourth-order valence-corrected chi connectivity index (χ4v) is 1.85. The number of halogens is 2. The second-order valence-electron chi connectivity index (χ2n) is 3.31. The van der Waals surface area contributed by atoms with E-state index in [1.807, 2.05) is 19.9 Å². The standard InChI is InChI=1S/C11H13Cl2NO/c1-3-11(15)14-7(2)9-5-4-8(12)6-10(9)13/h4-7H,3H2,1-2H3,(H,14,15)/t7-/m0/s1. The van der Waals surface area contributed by atoms with Crippen LogP contribution in [0.3, 0.4) is 0 Å². The average molecular weight is 246 g/mol. The summed E-state index contributed by atoms with van der Waals surface area (Å²) < 4.78 is 0. The predicted molar refractivity (Wildman–Crippen MR) is 63.3 cm³/mol. The molecule has 0 spiro atoms. The van der Waals surface area contributed by atoms with E-state index in [1.165, 1.54) is 0 Å². The van der Waals surface area contributed by atoms with Crippen LogP contribution in [0.15, 0.2) is 18.2 Å². The molecule has 1 atom stereocenters. The Morgan fingerprint density at radius 3 is 2.67 bits per heavy atom. The second-order valence-corrected chi connectivity index (χ2v) is 4.15. The fraction of sp³-hybridized carbons (Fsp3) is 0.364. The number of rotatable bonds is 3. The lowest BCUT2D eigenvalue weighted by molar-refractivity contribution is -0.121. The molecule has 0 fully saturated rings. The molecule has 4 heteroatoms. The summed E-state index contributed by atoms with van der Waals surface area (Å²) in [4.78, 5) is 11.2. The summed E-state index contributed by atoms with van der Waals surface area (Å²) >= 11 is 11.8. The smallest absolute Gasteiger partial charge is 0.220 e. The van der Waals surface area contributed by atoms with Gasteiger partial charge in [-0.05, 0) is 24.6 Å². The highest BCUT2D eigenvalue weighted by Gasteiger charge is 2.11. The van der Waals surface area contributed by atoms with Crippen LogP contribution in [-0.2, 0) is 4.79 Å². The average Bonchev–Trinajstić information content (AvgIpc) is 2.17. The maximum atomic E-state index is 11.2. The highest BCUT2D eigenvalue weighted by molar-refractivity contribution is 6.35. The largest absolute Gasteiger partial charge is 0.350 e. The van der Waals surface area contributed by atoms with Gasteiger partial charge in [-0.15, -0.1) is 0 Å². The zero-order valence-corrected chi connectivity index (χ0v) is 10.2. The molecule has 1 rings (SSSR count). The van der Waals surface area contributed by atoms with Gasteiger partial charge in [-0.1, -0.05) is 36.2 Å². The molecule has 2 nitrogen and oxygen atoms in total. The van der Waals surface area contributed by atoms with Crippen LogP contribution in [0.1, 0.15) is 31.9 Å². The van der Waals surface area contributed by atoms with E-state index in [-0.39, 0.29) is 11.9 Å². The summed E-state index contributed by atoms with van der Waals surface area (Å²) in [5, 5.41) is 4.01. The van der Waals surface area contributed by atoms with Crippen molar-refractivity contribution in [3.8, 4) is 0 Å². The molecule has 0 unspecified atom stereocenters. The summed E-state index contributed by atoms with van der Waals surface area (Å²) in [6, 6.07) is 5.16. The van der Waals surface area contributed by atoms with Gasteiger partial charge in [-0.3, -0.25) is 4.79 Å². The Labute approximate surface area is 99.6 Å². The number of benzene rings is 1.